The molecule has 1 heterocycles. The van der Waals surface area contributed by atoms with Crippen LogP contribution in [0, 0.1) is 0 Å². The maximum absolute atomic E-state index is 12.6. The highest BCUT2D eigenvalue weighted by atomic mass is 19.4. The molecule has 0 spiro atoms. The zero-order chi connectivity index (χ0) is 14.3. The zero-order valence-electron chi connectivity index (χ0n) is 10.6. The van der Waals surface area contributed by atoms with Crippen molar-refractivity contribution in [2.75, 3.05) is 0 Å². The van der Waals surface area contributed by atoms with Gasteiger partial charge in [0.2, 0.25) is 0 Å². The summed E-state index contributed by atoms with van der Waals surface area (Å²) in [5.41, 5.74) is -0.885. The van der Waals surface area contributed by atoms with E-state index in [-0.39, 0.29) is 5.75 Å². The lowest BCUT2D eigenvalue weighted by Gasteiger charge is -2.12. The predicted molar refractivity (Wildman–Crippen MR) is 67.1 cm³/mol. The van der Waals surface area contributed by atoms with Crippen LogP contribution in [0.25, 0.3) is 0 Å². The van der Waals surface area contributed by atoms with Gasteiger partial charge in [0.05, 0.1) is 0 Å². The monoisotopic (exact) mass is 269 g/mol. The number of rotatable bonds is 2. The second kappa shape index (κ2) is 6.78. The van der Waals surface area contributed by atoms with Crippen molar-refractivity contribution in [3.63, 3.8) is 0 Å². The van der Waals surface area contributed by atoms with Gasteiger partial charge in [-0.25, -0.2) is 0 Å². The number of halogens is 3. The molecule has 1 aromatic carbocycles. The fraction of sp³-hybridized carbons (Fsp3) is 0.214. The Morgan fingerprint density at radius 2 is 1.63 bits per heavy atom. The molecule has 0 radical (unpaired) electrons. The van der Waals surface area contributed by atoms with E-state index in [9.17, 15) is 13.2 Å². The summed E-state index contributed by atoms with van der Waals surface area (Å²) >= 11 is 0. The number of alkyl halides is 3. The van der Waals surface area contributed by atoms with E-state index in [4.69, 9.17) is 4.74 Å². The summed E-state index contributed by atoms with van der Waals surface area (Å²) < 4.78 is 43.1. The highest BCUT2D eigenvalue weighted by molar-refractivity contribution is 5.37. The Morgan fingerprint density at radius 1 is 1.00 bits per heavy atom. The average Bonchev–Trinajstić information content (AvgIpc) is 2.42. The molecule has 2 aromatic rings. The smallest absolute Gasteiger partial charge is 0.421 e. The van der Waals surface area contributed by atoms with Gasteiger partial charge in [0, 0.05) is 12.4 Å². The Balaban J connectivity index is 0.000000861. The minimum Gasteiger partial charge on any atom is -0.457 e. The summed E-state index contributed by atoms with van der Waals surface area (Å²) in [6, 6.07) is 9.48. The van der Waals surface area contributed by atoms with Crippen molar-refractivity contribution in [1.82, 2.24) is 4.98 Å². The lowest BCUT2D eigenvalue weighted by Crippen LogP contribution is -2.07. The lowest BCUT2D eigenvalue weighted by atomic mass is 10.2. The van der Waals surface area contributed by atoms with Crippen LogP contribution in [0.4, 0.5) is 13.2 Å². The fourth-order valence-corrected chi connectivity index (χ4v) is 1.30. The largest absolute Gasteiger partial charge is 0.457 e. The molecular formula is C14H14F3NO. The maximum atomic E-state index is 12.6. The van der Waals surface area contributed by atoms with Crippen LogP contribution in [0.2, 0.25) is 0 Å². The van der Waals surface area contributed by atoms with E-state index >= 15 is 0 Å². The number of benzene rings is 1. The van der Waals surface area contributed by atoms with Gasteiger partial charge in [0.25, 0.3) is 0 Å². The SMILES string of the molecule is CC.FC(F)(F)c1cnccc1Oc1ccccc1. The van der Waals surface area contributed by atoms with Gasteiger partial charge in [-0.05, 0) is 18.2 Å². The Labute approximate surface area is 109 Å². The number of para-hydroxylation sites is 1. The Kier molecular flexibility index (Phi) is 5.36. The maximum Gasteiger partial charge on any atom is 0.421 e. The number of ether oxygens (including phenoxy) is 1. The fourth-order valence-electron chi connectivity index (χ4n) is 1.30. The standard InChI is InChI=1S/C12H8F3NO.C2H6/c13-12(14,15)10-8-16-7-6-11(10)17-9-4-2-1-3-5-9;1-2/h1-8H;1-2H3. The van der Waals surface area contributed by atoms with Crippen LogP contribution in [-0.2, 0) is 6.18 Å². The first-order chi connectivity index (χ1) is 9.07. The van der Waals surface area contributed by atoms with Crippen LogP contribution in [0.3, 0.4) is 0 Å². The van der Waals surface area contributed by atoms with Crippen LogP contribution in [0.1, 0.15) is 19.4 Å². The number of nitrogens with zero attached hydrogens (tertiary/aromatic N) is 1. The summed E-state index contributed by atoms with van der Waals surface area (Å²) in [5, 5.41) is 0. The normalized spacial score (nSPS) is 10.4. The second-order valence-electron chi connectivity index (χ2n) is 3.28. The van der Waals surface area contributed by atoms with Gasteiger partial charge in [-0.3, -0.25) is 4.98 Å². The molecule has 2 rings (SSSR count). The molecule has 0 unspecified atom stereocenters. The van der Waals surface area contributed by atoms with E-state index in [1.807, 2.05) is 13.8 Å². The molecule has 2 nitrogen and oxygen atoms in total. The van der Waals surface area contributed by atoms with Gasteiger partial charge in [0.15, 0.2) is 0 Å². The molecule has 1 aromatic heterocycles. The van der Waals surface area contributed by atoms with Crippen LogP contribution >= 0.6 is 0 Å². The third-order valence-electron chi connectivity index (χ3n) is 2.06. The van der Waals surface area contributed by atoms with Crippen molar-refractivity contribution in [2.45, 2.75) is 20.0 Å². The molecule has 0 bridgehead atoms. The third-order valence-corrected chi connectivity index (χ3v) is 2.06. The lowest BCUT2D eigenvalue weighted by molar-refractivity contribution is -0.138. The molecule has 19 heavy (non-hydrogen) atoms. The topological polar surface area (TPSA) is 22.1 Å². The summed E-state index contributed by atoms with van der Waals surface area (Å²) in [7, 11) is 0. The van der Waals surface area contributed by atoms with Crippen molar-refractivity contribution in [1.29, 1.82) is 0 Å². The second-order valence-corrected chi connectivity index (χ2v) is 3.28. The molecule has 0 aliphatic heterocycles. The quantitative estimate of drug-likeness (QED) is 0.772. The summed E-state index contributed by atoms with van der Waals surface area (Å²) in [4.78, 5) is 3.45. The molecule has 5 heteroatoms. The summed E-state index contributed by atoms with van der Waals surface area (Å²) in [6.45, 7) is 4.00. The van der Waals surface area contributed by atoms with E-state index < -0.39 is 11.7 Å². The number of hydrogen-bond donors (Lipinski definition) is 0. The zero-order valence-corrected chi connectivity index (χ0v) is 10.6. The number of aromatic nitrogens is 1. The van der Waals surface area contributed by atoms with Crippen molar-refractivity contribution in [3.8, 4) is 11.5 Å². The van der Waals surface area contributed by atoms with E-state index in [0.717, 1.165) is 6.20 Å². The van der Waals surface area contributed by atoms with Crippen molar-refractivity contribution in [3.05, 3.63) is 54.4 Å². The van der Waals surface area contributed by atoms with E-state index in [1.54, 1.807) is 30.3 Å². The molecule has 0 aliphatic carbocycles. The Hall–Kier alpha value is -2.04. The van der Waals surface area contributed by atoms with E-state index in [2.05, 4.69) is 4.98 Å². The highest BCUT2D eigenvalue weighted by Gasteiger charge is 2.34. The third kappa shape index (κ3) is 4.28. The first-order valence-electron chi connectivity index (χ1n) is 5.81. The van der Waals surface area contributed by atoms with Gasteiger partial charge < -0.3 is 4.74 Å². The molecule has 0 N–H and O–H groups in total. The van der Waals surface area contributed by atoms with Gasteiger partial charge in [-0.2, -0.15) is 13.2 Å². The van der Waals surface area contributed by atoms with Gasteiger partial charge >= 0.3 is 6.18 Å². The van der Waals surface area contributed by atoms with Crippen LogP contribution < -0.4 is 4.74 Å². The van der Waals surface area contributed by atoms with Crippen molar-refractivity contribution < 1.29 is 17.9 Å². The highest BCUT2D eigenvalue weighted by Crippen LogP contribution is 2.37. The molecule has 0 aliphatic rings. The van der Waals surface area contributed by atoms with Crippen molar-refractivity contribution in [2.24, 2.45) is 0 Å². The minimum absolute atomic E-state index is 0.251. The molecule has 0 saturated heterocycles. The summed E-state index contributed by atoms with van der Waals surface area (Å²) in [6.07, 6.45) is -2.47. The van der Waals surface area contributed by atoms with Gasteiger partial charge in [0.1, 0.15) is 17.1 Å². The van der Waals surface area contributed by atoms with Gasteiger partial charge in [-0.1, -0.05) is 32.0 Å². The predicted octanol–water partition coefficient (Wildman–Crippen LogP) is 4.92. The molecular weight excluding hydrogens is 255 g/mol. The van der Waals surface area contributed by atoms with E-state index in [1.165, 1.54) is 12.3 Å². The van der Waals surface area contributed by atoms with Crippen molar-refractivity contribution >= 4 is 0 Å². The van der Waals surface area contributed by atoms with Crippen LogP contribution in [0.15, 0.2) is 48.8 Å². The molecule has 0 amide bonds. The minimum atomic E-state index is -4.47. The molecule has 0 fully saturated rings. The molecule has 0 saturated carbocycles. The molecule has 0 atom stereocenters. The Morgan fingerprint density at radius 3 is 2.21 bits per heavy atom. The number of hydrogen-bond acceptors (Lipinski definition) is 2. The van der Waals surface area contributed by atoms with E-state index in [0.29, 0.717) is 5.75 Å². The number of pyridine rings is 1. The molecule has 102 valence electrons. The van der Waals surface area contributed by atoms with Crippen LogP contribution in [0.5, 0.6) is 11.5 Å². The Bertz CT molecular complexity index is 498. The first kappa shape index (κ1) is 15.0. The average molecular weight is 269 g/mol. The van der Waals surface area contributed by atoms with Crippen LogP contribution in [-0.4, -0.2) is 4.98 Å². The summed E-state index contributed by atoms with van der Waals surface area (Å²) in [5.74, 6) is 0.0999. The van der Waals surface area contributed by atoms with Gasteiger partial charge in [-0.15, -0.1) is 0 Å². The first-order valence-corrected chi connectivity index (χ1v) is 5.81.